The van der Waals surface area contributed by atoms with Crippen molar-refractivity contribution in [1.82, 2.24) is 0 Å². The Labute approximate surface area is 86.2 Å². The van der Waals surface area contributed by atoms with Gasteiger partial charge >= 0.3 is 0 Å². The summed E-state index contributed by atoms with van der Waals surface area (Å²) in [6.07, 6.45) is 6.05. The maximum atomic E-state index is 9.33. The number of hydrogen-bond acceptors (Lipinski definition) is 2. The van der Waals surface area contributed by atoms with Gasteiger partial charge in [-0.05, 0) is 44.4 Å². The summed E-state index contributed by atoms with van der Waals surface area (Å²) < 4.78 is 5.38. The molecule has 2 heteroatoms. The van der Waals surface area contributed by atoms with Crippen LogP contribution in [0.3, 0.4) is 0 Å². The predicted molar refractivity (Wildman–Crippen MR) is 54.6 cm³/mol. The van der Waals surface area contributed by atoms with Crippen molar-refractivity contribution in [3.8, 4) is 6.07 Å². The van der Waals surface area contributed by atoms with Gasteiger partial charge in [-0.25, -0.2) is 0 Å². The third-order valence-corrected chi connectivity index (χ3v) is 4.09. The van der Waals surface area contributed by atoms with Crippen LogP contribution < -0.4 is 0 Å². The van der Waals surface area contributed by atoms with Crippen molar-refractivity contribution >= 4 is 0 Å². The van der Waals surface area contributed by atoms with E-state index in [0.717, 1.165) is 32.0 Å². The molecule has 3 unspecified atom stereocenters. The summed E-state index contributed by atoms with van der Waals surface area (Å²) >= 11 is 0. The second kappa shape index (κ2) is 3.90. The number of hydrogen-bond donors (Lipinski definition) is 0. The highest BCUT2D eigenvalue weighted by atomic mass is 16.5. The van der Waals surface area contributed by atoms with Gasteiger partial charge in [-0.15, -0.1) is 0 Å². The summed E-state index contributed by atoms with van der Waals surface area (Å²) in [5.74, 6) is 1.53. The third-order valence-electron chi connectivity index (χ3n) is 4.09. The summed E-state index contributed by atoms with van der Waals surface area (Å²) in [6, 6.07) is 2.59. The molecule has 0 heterocycles. The van der Waals surface area contributed by atoms with Gasteiger partial charge in [0.05, 0.1) is 11.5 Å². The zero-order chi connectivity index (χ0) is 10.0. The first-order valence-electron chi connectivity index (χ1n) is 5.80. The highest BCUT2D eigenvalue weighted by Gasteiger charge is 2.50. The van der Waals surface area contributed by atoms with E-state index in [1.807, 2.05) is 6.92 Å². The molecule has 3 atom stereocenters. The minimum Gasteiger partial charge on any atom is -0.382 e. The Morgan fingerprint density at radius 2 is 2.36 bits per heavy atom. The molecule has 2 aliphatic rings. The van der Waals surface area contributed by atoms with Gasteiger partial charge in [-0.3, -0.25) is 0 Å². The number of ether oxygens (including phenoxy) is 1. The number of nitrogens with zero attached hydrogens (tertiary/aromatic N) is 1. The summed E-state index contributed by atoms with van der Waals surface area (Å²) in [6.45, 7) is 3.56. The van der Waals surface area contributed by atoms with E-state index in [2.05, 4.69) is 6.07 Å². The first kappa shape index (κ1) is 9.98. The Kier molecular flexibility index (Phi) is 2.78. The van der Waals surface area contributed by atoms with E-state index in [1.165, 1.54) is 19.3 Å². The van der Waals surface area contributed by atoms with Gasteiger partial charge in [0, 0.05) is 13.2 Å². The molecule has 2 rings (SSSR count). The van der Waals surface area contributed by atoms with Gasteiger partial charge in [-0.2, -0.15) is 5.26 Å². The van der Waals surface area contributed by atoms with Crippen LogP contribution in [0.2, 0.25) is 0 Å². The van der Waals surface area contributed by atoms with Crippen LogP contribution in [0.1, 0.15) is 39.0 Å². The Hall–Kier alpha value is -0.550. The molecule has 0 saturated heterocycles. The number of rotatable bonds is 4. The average Bonchev–Trinajstić information content (AvgIpc) is 2.78. The fourth-order valence-electron chi connectivity index (χ4n) is 3.34. The standard InChI is InChI=1S/C12H19NO/c1-2-14-6-5-12(9-13)8-10-3-4-11(12)7-10/h10-11H,2-8H2,1H3. The highest BCUT2D eigenvalue weighted by molar-refractivity contribution is 5.11. The summed E-state index contributed by atoms with van der Waals surface area (Å²) in [5.41, 5.74) is -0.0158. The Morgan fingerprint density at radius 1 is 1.50 bits per heavy atom. The molecular weight excluding hydrogens is 174 g/mol. The first-order chi connectivity index (χ1) is 6.80. The topological polar surface area (TPSA) is 33.0 Å². The molecule has 2 saturated carbocycles. The molecule has 0 spiro atoms. The van der Waals surface area contributed by atoms with Crippen LogP contribution in [0.25, 0.3) is 0 Å². The van der Waals surface area contributed by atoms with Gasteiger partial charge in [0.25, 0.3) is 0 Å². The lowest BCUT2D eigenvalue weighted by Crippen LogP contribution is -2.27. The SMILES string of the molecule is CCOCCC1(C#N)CC2CCC1C2. The third kappa shape index (κ3) is 1.54. The zero-order valence-corrected chi connectivity index (χ0v) is 8.96. The van der Waals surface area contributed by atoms with Crippen LogP contribution in [0.4, 0.5) is 0 Å². The number of fused-ring (bicyclic) bond motifs is 2. The lowest BCUT2D eigenvalue weighted by Gasteiger charge is -2.30. The van der Waals surface area contributed by atoms with E-state index in [1.54, 1.807) is 0 Å². The smallest absolute Gasteiger partial charge is 0.0693 e. The Morgan fingerprint density at radius 3 is 2.86 bits per heavy atom. The quantitative estimate of drug-likeness (QED) is 0.643. The van der Waals surface area contributed by atoms with E-state index in [4.69, 9.17) is 4.74 Å². The van der Waals surface area contributed by atoms with Crippen molar-refractivity contribution in [2.75, 3.05) is 13.2 Å². The fourth-order valence-corrected chi connectivity index (χ4v) is 3.34. The van der Waals surface area contributed by atoms with Gasteiger partial charge in [0.15, 0.2) is 0 Å². The van der Waals surface area contributed by atoms with Gasteiger partial charge in [-0.1, -0.05) is 6.42 Å². The molecule has 0 aromatic carbocycles. The molecule has 0 aromatic rings. The molecule has 0 aromatic heterocycles. The molecule has 2 nitrogen and oxygen atoms in total. The normalized spacial score (nSPS) is 40.0. The zero-order valence-electron chi connectivity index (χ0n) is 8.96. The van der Waals surface area contributed by atoms with Crippen molar-refractivity contribution in [3.63, 3.8) is 0 Å². The van der Waals surface area contributed by atoms with Crippen molar-refractivity contribution in [2.24, 2.45) is 17.3 Å². The summed E-state index contributed by atoms with van der Waals surface area (Å²) in [5, 5.41) is 9.33. The van der Waals surface area contributed by atoms with Crippen LogP contribution in [0, 0.1) is 28.6 Å². The number of nitriles is 1. The average molecular weight is 193 g/mol. The van der Waals surface area contributed by atoms with Crippen LogP contribution in [-0.2, 0) is 4.74 Å². The molecule has 2 aliphatic carbocycles. The van der Waals surface area contributed by atoms with Crippen LogP contribution >= 0.6 is 0 Å². The van der Waals surface area contributed by atoms with E-state index >= 15 is 0 Å². The maximum absolute atomic E-state index is 9.33. The molecule has 0 N–H and O–H groups in total. The van der Waals surface area contributed by atoms with Crippen molar-refractivity contribution in [3.05, 3.63) is 0 Å². The Balaban J connectivity index is 1.95. The van der Waals surface area contributed by atoms with Crippen LogP contribution in [0.5, 0.6) is 0 Å². The second-order valence-electron chi connectivity index (χ2n) is 4.79. The molecule has 78 valence electrons. The molecule has 0 amide bonds. The summed E-state index contributed by atoms with van der Waals surface area (Å²) in [7, 11) is 0. The van der Waals surface area contributed by atoms with E-state index in [-0.39, 0.29) is 5.41 Å². The molecule has 0 radical (unpaired) electrons. The lowest BCUT2D eigenvalue weighted by atomic mass is 9.72. The first-order valence-corrected chi connectivity index (χ1v) is 5.80. The minimum absolute atomic E-state index is 0.0158. The van der Waals surface area contributed by atoms with Crippen molar-refractivity contribution in [1.29, 1.82) is 5.26 Å². The van der Waals surface area contributed by atoms with Crippen LogP contribution in [-0.4, -0.2) is 13.2 Å². The highest BCUT2D eigenvalue weighted by Crippen LogP contribution is 2.57. The van der Waals surface area contributed by atoms with E-state index in [9.17, 15) is 5.26 Å². The lowest BCUT2D eigenvalue weighted by molar-refractivity contribution is 0.0988. The van der Waals surface area contributed by atoms with Crippen LogP contribution in [0.15, 0.2) is 0 Å². The molecule has 2 bridgehead atoms. The Bertz CT molecular complexity index is 245. The maximum Gasteiger partial charge on any atom is 0.0693 e. The predicted octanol–water partition coefficient (Wildman–Crippen LogP) is 2.74. The largest absolute Gasteiger partial charge is 0.382 e. The van der Waals surface area contributed by atoms with E-state index < -0.39 is 0 Å². The molecule has 0 aliphatic heterocycles. The molecular formula is C12H19NO. The fraction of sp³-hybridized carbons (Fsp3) is 0.917. The van der Waals surface area contributed by atoms with Gasteiger partial charge in [0.2, 0.25) is 0 Å². The van der Waals surface area contributed by atoms with Gasteiger partial charge < -0.3 is 4.74 Å². The van der Waals surface area contributed by atoms with Crippen molar-refractivity contribution < 1.29 is 4.74 Å². The van der Waals surface area contributed by atoms with Crippen molar-refractivity contribution in [2.45, 2.75) is 39.0 Å². The minimum atomic E-state index is -0.0158. The monoisotopic (exact) mass is 193 g/mol. The molecule has 14 heavy (non-hydrogen) atoms. The van der Waals surface area contributed by atoms with Gasteiger partial charge in [0.1, 0.15) is 0 Å². The second-order valence-corrected chi connectivity index (χ2v) is 4.79. The summed E-state index contributed by atoms with van der Waals surface area (Å²) in [4.78, 5) is 0. The molecule has 2 fully saturated rings. The van der Waals surface area contributed by atoms with E-state index in [0.29, 0.717) is 5.92 Å².